The third-order valence-corrected chi connectivity index (χ3v) is 3.50. The summed E-state index contributed by atoms with van der Waals surface area (Å²) in [5.74, 6) is -0.409. The number of phenols is 1. The lowest BCUT2D eigenvalue weighted by atomic mass is 10.0. The molecule has 0 fully saturated rings. The van der Waals surface area contributed by atoms with Crippen molar-refractivity contribution < 1.29 is 14.3 Å². The second-order valence-electron chi connectivity index (χ2n) is 5.20. The maximum atomic E-state index is 13.6. The number of halogens is 1. The molecule has 2 aromatic rings. The number of carbonyl (C=O) groups excluding carboxylic acids is 1. The number of nitrogens with one attached hydrogen (secondary N) is 1. The Labute approximate surface area is 123 Å². The Bertz CT molecular complexity index is 682. The lowest BCUT2D eigenvalue weighted by Crippen LogP contribution is -2.27. The summed E-state index contributed by atoms with van der Waals surface area (Å²) >= 11 is 0. The molecule has 110 valence electrons. The minimum Gasteiger partial charge on any atom is -0.508 e. The second-order valence-corrected chi connectivity index (χ2v) is 5.20. The Kier molecular flexibility index (Phi) is 4.26. The van der Waals surface area contributed by atoms with E-state index < -0.39 is 0 Å². The lowest BCUT2D eigenvalue weighted by Gasteiger charge is -2.16. The smallest absolute Gasteiger partial charge is 0.252 e. The van der Waals surface area contributed by atoms with Gasteiger partial charge in [-0.3, -0.25) is 4.79 Å². The van der Waals surface area contributed by atoms with Crippen molar-refractivity contribution in [3.8, 4) is 5.75 Å². The normalized spacial score (nSPS) is 12.0. The monoisotopic (exact) mass is 287 g/mol. The maximum absolute atomic E-state index is 13.6. The molecule has 0 aromatic heterocycles. The SMILES string of the molecule is Cc1ccc(C(C)NC(=O)c2ccc(O)cc2C)cc1F. The molecule has 1 unspecified atom stereocenters. The molecule has 0 aliphatic rings. The number of benzene rings is 2. The number of hydrogen-bond donors (Lipinski definition) is 2. The molecule has 0 heterocycles. The van der Waals surface area contributed by atoms with Gasteiger partial charge < -0.3 is 10.4 Å². The molecule has 0 spiro atoms. The molecule has 0 bridgehead atoms. The van der Waals surface area contributed by atoms with Crippen LogP contribution < -0.4 is 5.32 Å². The van der Waals surface area contributed by atoms with Crippen LogP contribution in [-0.2, 0) is 0 Å². The first kappa shape index (κ1) is 15.0. The minimum atomic E-state index is -0.305. The molecule has 21 heavy (non-hydrogen) atoms. The van der Waals surface area contributed by atoms with Gasteiger partial charge in [-0.2, -0.15) is 0 Å². The Morgan fingerprint density at radius 1 is 1.14 bits per heavy atom. The van der Waals surface area contributed by atoms with Crippen LogP contribution in [0.15, 0.2) is 36.4 Å². The van der Waals surface area contributed by atoms with E-state index in [9.17, 15) is 14.3 Å². The van der Waals surface area contributed by atoms with E-state index in [0.29, 0.717) is 22.3 Å². The highest BCUT2D eigenvalue weighted by Gasteiger charge is 2.14. The summed E-state index contributed by atoms with van der Waals surface area (Å²) < 4.78 is 13.6. The molecule has 1 atom stereocenters. The van der Waals surface area contributed by atoms with E-state index >= 15 is 0 Å². The van der Waals surface area contributed by atoms with Crippen LogP contribution in [0.4, 0.5) is 4.39 Å². The molecular weight excluding hydrogens is 269 g/mol. The zero-order valence-electron chi connectivity index (χ0n) is 12.3. The summed E-state index contributed by atoms with van der Waals surface area (Å²) in [5, 5.41) is 12.2. The summed E-state index contributed by atoms with van der Waals surface area (Å²) in [6, 6.07) is 9.20. The van der Waals surface area contributed by atoms with E-state index in [4.69, 9.17) is 0 Å². The first-order valence-corrected chi connectivity index (χ1v) is 6.75. The average molecular weight is 287 g/mol. The quantitative estimate of drug-likeness (QED) is 0.905. The van der Waals surface area contributed by atoms with Gasteiger partial charge in [0.15, 0.2) is 0 Å². The Hall–Kier alpha value is -2.36. The highest BCUT2D eigenvalue weighted by Crippen LogP contribution is 2.19. The molecule has 2 N–H and O–H groups in total. The highest BCUT2D eigenvalue weighted by molar-refractivity contribution is 5.96. The fraction of sp³-hybridized carbons (Fsp3) is 0.235. The summed E-state index contributed by atoms with van der Waals surface area (Å²) in [4.78, 5) is 12.2. The number of hydrogen-bond acceptors (Lipinski definition) is 2. The largest absolute Gasteiger partial charge is 0.508 e. The van der Waals surface area contributed by atoms with Gasteiger partial charge in [-0.25, -0.2) is 4.39 Å². The van der Waals surface area contributed by atoms with Crippen LogP contribution in [-0.4, -0.2) is 11.0 Å². The van der Waals surface area contributed by atoms with Gasteiger partial charge in [0.2, 0.25) is 0 Å². The van der Waals surface area contributed by atoms with Gasteiger partial charge in [0, 0.05) is 5.56 Å². The first-order chi connectivity index (χ1) is 9.88. The van der Waals surface area contributed by atoms with Gasteiger partial charge in [-0.15, -0.1) is 0 Å². The molecule has 3 nitrogen and oxygen atoms in total. The number of rotatable bonds is 3. The third-order valence-electron chi connectivity index (χ3n) is 3.50. The molecule has 1 amide bonds. The van der Waals surface area contributed by atoms with Crippen molar-refractivity contribution >= 4 is 5.91 Å². The predicted molar refractivity (Wildman–Crippen MR) is 79.9 cm³/mol. The van der Waals surface area contributed by atoms with Crippen molar-refractivity contribution in [2.75, 3.05) is 0 Å². The van der Waals surface area contributed by atoms with Crippen molar-refractivity contribution in [1.29, 1.82) is 0 Å². The van der Waals surface area contributed by atoms with Gasteiger partial charge >= 0.3 is 0 Å². The summed E-state index contributed by atoms with van der Waals surface area (Å²) in [6.45, 7) is 5.25. The van der Waals surface area contributed by atoms with Crippen molar-refractivity contribution in [2.45, 2.75) is 26.8 Å². The van der Waals surface area contributed by atoms with Crippen LogP contribution in [0.2, 0.25) is 0 Å². The summed E-state index contributed by atoms with van der Waals surface area (Å²) in [7, 11) is 0. The highest BCUT2D eigenvalue weighted by atomic mass is 19.1. The Morgan fingerprint density at radius 3 is 2.48 bits per heavy atom. The fourth-order valence-corrected chi connectivity index (χ4v) is 2.14. The van der Waals surface area contributed by atoms with Crippen LogP contribution in [0.1, 0.15) is 40.0 Å². The van der Waals surface area contributed by atoms with Crippen LogP contribution in [0.3, 0.4) is 0 Å². The van der Waals surface area contributed by atoms with Crippen molar-refractivity contribution in [3.05, 3.63) is 64.5 Å². The van der Waals surface area contributed by atoms with Crippen LogP contribution in [0.5, 0.6) is 5.75 Å². The molecule has 0 saturated carbocycles. The Morgan fingerprint density at radius 2 is 1.86 bits per heavy atom. The summed E-state index contributed by atoms with van der Waals surface area (Å²) in [5.41, 5.74) is 2.47. The minimum absolute atomic E-state index is 0.123. The topological polar surface area (TPSA) is 49.3 Å². The molecular formula is C17H18FNO2. The zero-order valence-corrected chi connectivity index (χ0v) is 12.3. The van der Waals surface area contributed by atoms with Crippen LogP contribution >= 0.6 is 0 Å². The second kappa shape index (κ2) is 5.95. The Balaban J connectivity index is 2.16. The van der Waals surface area contributed by atoms with Gasteiger partial charge in [0.1, 0.15) is 11.6 Å². The van der Waals surface area contributed by atoms with Crippen molar-refractivity contribution in [1.82, 2.24) is 5.32 Å². The molecule has 2 aromatic carbocycles. The van der Waals surface area contributed by atoms with Gasteiger partial charge in [0.25, 0.3) is 5.91 Å². The number of phenolic OH excluding ortho intramolecular Hbond substituents is 1. The van der Waals surface area contributed by atoms with E-state index in [1.807, 2.05) is 0 Å². The molecule has 0 saturated heterocycles. The zero-order chi connectivity index (χ0) is 15.6. The first-order valence-electron chi connectivity index (χ1n) is 6.75. The predicted octanol–water partition coefficient (Wildman–Crippen LogP) is 3.64. The molecule has 0 aliphatic carbocycles. The van der Waals surface area contributed by atoms with Crippen molar-refractivity contribution in [2.24, 2.45) is 0 Å². The van der Waals surface area contributed by atoms with Crippen LogP contribution in [0, 0.1) is 19.7 Å². The number of amides is 1. The van der Waals surface area contributed by atoms with Crippen LogP contribution in [0.25, 0.3) is 0 Å². The standard InChI is InChI=1S/C17H18FNO2/c1-10-4-5-13(9-16(10)18)12(3)19-17(21)15-7-6-14(20)8-11(15)2/h4-9,12,20H,1-3H3,(H,19,21). The van der Waals surface area contributed by atoms with Crippen molar-refractivity contribution in [3.63, 3.8) is 0 Å². The van der Waals surface area contributed by atoms with E-state index in [0.717, 1.165) is 0 Å². The average Bonchev–Trinajstić information content (AvgIpc) is 2.41. The lowest BCUT2D eigenvalue weighted by molar-refractivity contribution is 0.0939. The van der Waals surface area contributed by atoms with E-state index in [1.165, 1.54) is 18.2 Å². The number of aryl methyl sites for hydroxylation is 2. The third kappa shape index (κ3) is 3.40. The van der Waals surface area contributed by atoms with E-state index in [2.05, 4.69) is 5.32 Å². The number of carbonyl (C=O) groups is 1. The van der Waals surface area contributed by atoms with Gasteiger partial charge in [0.05, 0.1) is 6.04 Å². The number of aromatic hydroxyl groups is 1. The molecule has 0 aliphatic heterocycles. The van der Waals surface area contributed by atoms with E-state index in [1.54, 1.807) is 39.0 Å². The van der Waals surface area contributed by atoms with Gasteiger partial charge in [-0.05, 0) is 61.7 Å². The van der Waals surface area contributed by atoms with E-state index in [-0.39, 0.29) is 23.5 Å². The molecule has 4 heteroatoms. The summed E-state index contributed by atoms with van der Waals surface area (Å²) in [6.07, 6.45) is 0. The maximum Gasteiger partial charge on any atom is 0.252 e. The van der Waals surface area contributed by atoms with Gasteiger partial charge in [-0.1, -0.05) is 12.1 Å². The molecule has 2 rings (SSSR count). The fourth-order valence-electron chi connectivity index (χ4n) is 2.14. The molecule has 0 radical (unpaired) electrons.